The summed E-state index contributed by atoms with van der Waals surface area (Å²) in [5.41, 5.74) is 1.06. The van der Waals surface area contributed by atoms with E-state index >= 15 is 0 Å². The maximum atomic E-state index is 11.8. The summed E-state index contributed by atoms with van der Waals surface area (Å²) in [5, 5.41) is 0. The Morgan fingerprint density at radius 1 is 1.28 bits per heavy atom. The third-order valence-corrected chi connectivity index (χ3v) is 2.52. The van der Waals surface area contributed by atoms with Crippen LogP contribution in [0.1, 0.15) is 25.8 Å². The molecular formula is C14H15NO3. The van der Waals surface area contributed by atoms with Gasteiger partial charge in [-0.15, -0.1) is 0 Å². The molecule has 1 aromatic rings. The summed E-state index contributed by atoms with van der Waals surface area (Å²) < 4.78 is 10.6. The van der Waals surface area contributed by atoms with Crippen LogP contribution >= 0.6 is 0 Å². The molecule has 4 nitrogen and oxygen atoms in total. The zero-order chi connectivity index (χ0) is 13.0. The zero-order valence-corrected chi connectivity index (χ0v) is 10.5. The molecule has 0 aromatic heterocycles. The topological polar surface area (TPSA) is 47.9 Å². The zero-order valence-electron chi connectivity index (χ0n) is 10.5. The van der Waals surface area contributed by atoms with Gasteiger partial charge in [-0.3, -0.25) is 0 Å². The van der Waals surface area contributed by atoms with Crippen LogP contribution in [0.2, 0.25) is 0 Å². The molecule has 0 aliphatic carbocycles. The standard InChI is InChI=1S/C14H15NO3/c1-3-11(17-4-2)12-14(16)18-13(15-12)10-8-6-5-7-9-10/h5-9H,3-4H2,1-2H3/b12-11+. The normalized spacial score (nSPS) is 17.2. The van der Waals surface area contributed by atoms with Crippen molar-refractivity contribution in [2.75, 3.05) is 6.61 Å². The van der Waals surface area contributed by atoms with E-state index < -0.39 is 5.97 Å². The number of cyclic esters (lactones) is 1. The third-order valence-electron chi connectivity index (χ3n) is 2.52. The first kappa shape index (κ1) is 12.4. The van der Waals surface area contributed by atoms with Crippen molar-refractivity contribution in [3.05, 3.63) is 47.4 Å². The molecule has 0 saturated heterocycles. The van der Waals surface area contributed by atoms with Crippen molar-refractivity contribution in [2.45, 2.75) is 20.3 Å². The van der Waals surface area contributed by atoms with E-state index in [4.69, 9.17) is 9.47 Å². The second-order valence-corrected chi connectivity index (χ2v) is 3.73. The van der Waals surface area contributed by atoms with E-state index in [0.29, 0.717) is 24.7 Å². The second kappa shape index (κ2) is 5.49. The summed E-state index contributed by atoms with van der Waals surface area (Å²) in [7, 11) is 0. The highest BCUT2D eigenvalue weighted by Crippen LogP contribution is 2.21. The summed E-state index contributed by atoms with van der Waals surface area (Å²) in [4.78, 5) is 16.0. The van der Waals surface area contributed by atoms with E-state index in [9.17, 15) is 4.79 Å². The summed E-state index contributed by atoms with van der Waals surface area (Å²) >= 11 is 0. The number of benzene rings is 1. The molecule has 0 N–H and O–H groups in total. The SMILES string of the molecule is CCO/C(CC)=C1/N=C(c2ccccc2)OC1=O. The van der Waals surface area contributed by atoms with Crippen LogP contribution in [0.25, 0.3) is 0 Å². The molecule has 1 aliphatic rings. The van der Waals surface area contributed by atoms with Crippen LogP contribution in [-0.2, 0) is 14.3 Å². The van der Waals surface area contributed by atoms with Crippen LogP contribution in [0, 0.1) is 0 Å². The second-order valence-electron chi connectivity index (χ2n) is 3.73. The maximum Gasteiger partial charge on any atom is 0.367 e. The maximum absolute atomic E-state index is 11.8. The first-order valence-corrected chi connectivity index (χ1v) is 5.98. The quantitative estimate of drug-likeness (QED) is 0.465. The van der Waals surface area contributed by atoms with Crippen molar-refractivity contribution < 1.29 is 14.3 Å². The molecule has 0 unspecified atom stereocenters. The third kappa shape index (κ3) is 2.42. The number of hydrogen-bond acceptors (Lipinski definition) is 4. The molecule has 0 atom stereocenters. The fraction of sp³-hybridized carbons (Fsp3) is 0.286. The molecule has 0 radical (unpaired) electrons. The lowest BCUT2D eigenvalue weighted by molar-refractivity contribution is -0.130. The van der Waals surface area contributed by atoms with E-state index in [1.165, 1.54) is 0 Å². The molecule has 1 aromatic carbocycles. The van der Waals surface area contributed by atoms with Crippen molar-refractivity contribution >= 4 is 11.9 Å². The van der Waals surface area contributed by atoms with Gasteiger partial charge in [-0.25, -0.2) is 9.79 Å². The number of carbonyl (C=O) groups excluding carboxylic acids is 1. The molecule has 18 heavy (non-hydrogen) atoms. The first-order chi connectivity index (χ1) is 8.76. The van der Waals surface area contributed by atoms with Gasteiger partial charge < -0.3 is 9.47 Å². The summed E-state index contributed by atoms with van der Waals surface area (Å²) in [6.07, 6.45) is 0.615. The summed E-state index contributed by atoms with van der Waals surface area (Å²) in [6.45, 7) is 4.30. The monoisotopic (exact) mass is 245 g/mol. The summed E-state index contributed by atoms with van der Waals surface area (Å²) in [5.74, 6) is 0.467. The Morgan fingerprint density at radius 2 is 2.00 bits per heavy atom. The van der Waals surface area contributed by atoms with E-state index in [1.807, 2.05) is 44.2 Å². The van der Waals surface area contributed by atoms with E-state index in [2.05, 4.69) is 4.99 Å². The Bertz CT molecular complexity index is 503. The Labute approximate surface area is 106 Å². The lowest BCUT2D eigenvalue weighted by Crippen LogP contribution is -2.06. The highest BCUT2D eigenvalue weighted by atomic mass is 16.6. The molecule has 1 heterocycles. The Balaban J connectivity index is 2.35. The average molecular weight is 245 g/mol. The molecule has 2 rings (SSSR count). The van der Waals surface area contributed by atoms with E-state index in [1.54, 1.807) is 0 Å². The fourth-order valence-electron chi connectivity index (χ4n) is 1.70. The van der Waals surface area contributed by atoms with Gasteiger partial charge in [0.2, 0.25) is 5.90 Å². The average Bonchev–Trinajstić information content (AvgIpc) is 2.79. The van der Waals surface area contributed by atoms with Crippen LogP contribution in [-0.4, -0.2) is 18.5 Å². The smallest absolute Gasteiger partial charge is 0.367 e. The Hall–Kier alpha value is -2.10. The Kier molecular flexibility index (Phi) is 3.77. The number of hydrogen-bond donors (Lipinski definition) is 0. The fourth-order valence-corrected chi connectivity index (χ4v) is 1.70. The van der Waals surface area contributed by atoms with Crippen molar-refractivity contribution in [1.82, 2.24) is 0 Å². The van der Waals surface area contributed by atoms with Gasteiger partial charge in [-0.1, -0.05) is 25.1 Å². The molecule has 0 amide bonds. The number of carbonyl (C=O) groups is 1. The largest absolute Gasteiger partial charge is 0.496 e. The van der Waals surface area contributed by atoms with Gasteiger partial charge in [0.25, 0.3) is 0 Å². The highest BCUT2D eigenvalue weighted by Gasteiger charge is 2.27. The van der Waals surface area contributed by atoms with Crippen molar-refractivity contribution in [3.8, 4) is 0 Å². The number of nitrogens with zero attached hydrogens (tertiary/aromatic N) is 1. The number of ether oxygens (including phenoxy) is 2. The molecule has 0 saturated carbocycles. The number of esters is 1. The molecule has 0 fully saturated rings. The first-order valence-electron chi connectivity index (χ1n) is 5.98. The molecule has 0 spiro atoms. The van der Waals surface area contributed by atoms with Crippen LogP contribution < -0.4 is 0 Å². The van der Waals surface area contributed by atoms with Gasteiger partial charge in [0.15, 0.2) is 5.70 Å². The number of aliphatic imine (C=N–C) groups is 1. The minimum atomic E-state index is -0.445. The van der Waals surface area contributed by atoms with Crippen LogP contribution in [0.15, 0.2) is 46.8 Å². The number of rotatable bonds is 4. The molecule has 1 aliphatic heterocycles. The van der Waals surface area contributed by atoms with E-state index in [-0.39, 0.29) is 5.70 Å². The van der Waals surface area contributed by atoms with Crippen LogP contribution in [0.5, 0.6) is 0 Å². The van der Waals surface area contributed by atoms with Gasteiger partial charge in [0, 0.05) is 12.0 Å². The predicted molar refractivity (Wildman–Crippen MR) is 68.0 cm³/mol. The Morgan fingerprint density at radius 3 is 2.61 bits per heavy atom. The van der Waals surface area contributed by atoms with Gasteiger partial charge in [-0.2, -0.15) is 0 Å². The van der Waals surface area contributed by atoms with Crippen molar-refractivity contribution in [1.29, 1.82) is 0 Å². The molecule has 94 valence electrons. The van der Waals surface area contributed by atoms with Gasteiger partial charge in [0.1, 0.15) is 5.76 Å². The van der Waals surface area contributed by atoms with Crippen molar-refractivity contribution in [3.63, 3.8) is 0 Å². The van der Waals surface area contributed by atoms with Crippen molar-refractivity contribution in [2.24, 2.45) is 4.99 Å². The van der Waals surface area contributed by atoms with Crippen LogP contribution in [0.4, 0.5) is 0 Å². The van der Waals surface area contributed by atoms with Gasteiger partial charge >= 0.3 is 5.97 Å². The predicted octanol–water partition coefficient (Wildman–Crippen LogP) is 2.65. The molecular weight excluding hydrogens is 230 g/mol. The lowest BCUT2D eigenvalue weighted by Gasteiger charge is -2.05. The van der Waals surface area contributed by atoms with Gasteiger partial charge in [0.05, 0.1) is 6.61 Å². The molecule has 4 heteroatoms. The van der Waals surface area contributed by atoms with E-state index in [0.717, 1.165) is 5.56 Å². The van der Waals surface area contributed by atoms with Gasteiger partial charge in [-0.05, 0) is 19.1 Å². The lowest BCUT2D eigenvalue weighted by atomic mass is 10.2. The van der Waals surface area contributed by atoms with Crippen LogP contribution in [0.3, 0.4) is 0 Å². The minimum Gasteiger partial charge on any atom is -0.496 e. The minimum absolute atomic E-state index is 0.276. The number of allylic oxidation sites excluding steroid dienone is 1. The summed E-state index contributed by atoms with van der Waals surface area (Å²) in [6, 6.07) is 9.34. The molecule has 0 bridgehead atoms. The highest BCUT2D eigenvalue weighted by molar-refractivity contribution is 6.11.